The molecule has 1 N–H and O–H groups in total. The molecule has 1 rings (SSSR count). The van der Waals surface area contributed by atoms with Crippen LogP contribution in [0, 0.1) is 0 Å². The van der Waals surface area contributed by atoms with Crippen molar-refractivity contribution >= 4 is 17.5 Å². The predicted molar refractivity (Wildman–Crippen MR) is 69.8 cm³/mol. The van der Waals surface area contributed by atoms with E-state index in [1.807, 2.05) is 0 Å². The predicted octanol–water partition coefficient (Wildman–Crippen LogP) is 3.26. The average molecular weight is 310 g/mol. The Labute approximate surface area is 120 Å². The Bertz CT molecular complexity index is 421. The molecule has 0 aliphatic heterocycles. The van der Waals surface area contributed by atoms with Crippen molar-refractivity contribution in [2.45, 2.75) is 25.6 Å². The molecule has 7 heteroatoms. The number of carbonyl (C=O) groups is 1. The Morgan fingerprint density at radius 2 is 1.90 bits per heavy atom. The lowest BCUT2D eigenvalue weighted by Gasteiger charge is -2.10. The molecule has 0 aliphatic rings. The highest BCUT2D eigenvalue weighted by molar-refractivity contribution is 6.17. The summed E-state index contributed by atoms with van der Waals surface area (Å²) in [6, 6.07) is 6.08. The lowest BCUT2D eigenvalue weighted by atomic mass is 10.2. The molecule has 3 nitrogen and oxygen atoms in total. The van der Waals surface area contributed by atoms with Crippen molar-refractivity contribution in [1.82, 2.24) is 5.32 Å². The Morgan fingerprint density at radius 3 is 2.45 bits per heavy atom. The second-order valence-electron chi connectivity index (χ2n) is 4.12. The topological polar surface area (TPSA) is 38.3 Å². The van der Waals surface area contributed by atoms with Gasteiger partial charge in [0.25, 0.3) is 0 Å². The number of ether oxygens (including phenoxy) is 1. The molecule has 0 saturated carbocycles. The summed E-state index contributed by atoms with van der Waals surface area (Å²) in [4.78, 5) is 11.3. The van der Waals surface area contributed by atoms with E-state index in [1.54, 1.807) is 12.1 Å². The highest BCUT2D eigenvalue weighted by Gasteiger charge is 2.28. The van der Waals surface area contributed by atoms with Gasteiger partial charge in [-0.05, 0) is 24.1 Å². The summed E-state index contributed by atoms with van der Waals surface area (Å²) >= 11 is 5.47. The number of alkyl halides is 4. The monoisotopic (exact) mass is 309 g/mol. The van der Waals surface area contributed by atoms with Gasteiger partial charge in [0.05, 0.1) is 0 Å². The van der Waals surface area contributed by atoms with Gasteiger partial charge in [0.15, 0.2) is 6.61 Å². The molecule has 0 saturated heterocycles. The van der Waals surface area contributed by atoms with Crippen molar-refractivity contribution in [3.63, 3.8) is 0 Å². The first-order chi connectivity index (χ1) is 9.40. The second-order valence-corrected chi connectivity index (χ2v) is 4.50. The number of halogens is 4. The number of amides is 1. The van der Waals surface area contributed by atoms with Crippen LogP contribution in [0.25, 0.3) is 0 Å². The van der Waals surface area contributed by atoms with Crippen LogP contribution in [-0.2, 0) is 11.3 Å². The normalized spacial score (nSPS) is 11.2. The number of benzene rings is 1. The van der Waals surface area contributed by atoms with Crippen LogP contribution in [0.3, 0.4) is 0 Å². The molecular formula is C13H15ClF3NO2. The summed E-state index contributed by atoms with van der Waals surface area (Å²) < 4.78 is 40.4. The molecular weight excluding hydrogens is 295 g/mol. The Balaban J connectivity index is 2.37. The van der Waals surface area contributed by atoms with E-state index >= 15 is 0 Å². The molecule has 1 aromatic rings. The van der Waals surface area contributed by atoms with Gasteiger partial charge >= 0.3 is 6.18 Å². The standard InChI is InChI=1S/C13H15ClF3NO2/c14-7-1-2-12(19)18-8-10-3-5-11(6-4-10)20-9-13(15,16)17/h3-6H,1-2,7-9H2,(H,18,19). The molecule has 0 heterocycles. The fourth-order valence-corrected chi connectivity index (χ4v) is 1.52. The van der Waals surface area contributed by atoms with Crippen molar-refractivity contribution in [3.8, 4) is 5.75 Å². The van der Waals surface area contributed by atoms with E-state index in [-0.39, 0.29) is 11.7 Å². The summed E-state index contributed by atoms with van der Waals surface area (Å²) in [5.41, 5.74) is 0.781. The van der Waals surface area contributed by atoms with Crippen LogP contribution < -0.4 is 10.1 Å². The Kier molecular flexibility index (Phi) is 6.64. The minimum absolute atomic E-state index is 0.108. The summed E-state index contributed by atoms with van der Waals surface area (Å²) in [5.74, 6) is 0.459. The van der Waals surface area contributed by atoms with Crippen LogP contribution in [0.2, 0.25) is 0 Å². The Hall–Kier alpha value is -1.43. The van der Waals surface area contributed by atoms with Crippen LogP contribution >= 0.6 is 11.6 Å². The van der Waals surface area contributed by atoms with Crippen LogP contribution in [0.15, 0.2) is 24.3 Å². The van der Waals surface area contributed by atoms with Crippen molar-refractivity contribution in [3.05, 3.63) is 29.8 Å². The van der Waals surface area contributed by atoms with Crippen LogP contribution in [0.4, 0.5) is 13.2 Å². The first-order valence-corrected chi connectivity index (χ1v) is 6.55. The molecule has 0 radical (unpaired) electrons. The number of hydrogen-bond donors (Lipinski definition) is 1. The highest BCUT2D eigenvalue weighted by Crippen LogP contribution is 2.18. The smallest absolute Gasteiger partial charge is 0.422 e. The van der Waals surface area contributed by atoms with Gasteiger partial charge in [-0.15, -0.1) is 11.6 Å². The molecule has 1 amide bonds. The van der Waals surface area contributed by atoms with Gasteiger partial charge in [0.2, 0.25) is 5.91 Å². The SMILES string of the molecule is O=C(CCCCl)NCc1ccc(OCC(F)(F)F)cc1. The van der Waals surface area contributed by atoms with Gasteiger partial charge in [-0.3, -0.25) is 4.79 Å². The molecule has 112 valence electrons. The number of nitrogens with one attached hydrogen (secondary N) is 1. The van der Waals surface area contributed by atoms with Crippen LogP contribution in [-0.4, -0.2) is 24.6 Å². The maximum atomic E-state index is 12.0. The third kappa shape index (κ3) is 7.23. The Morgan fingerprint density at radius 1 is 1.25 bits per heavy atom. The van der Waals surface area contributed by atoms with E-state index in [2.05, 4.69) is 10.1 Å². The van der Waals surface area contributed by atoms with E-state index in [1.165, 1.54) is 12.1 Å². The van der Waals surface area contributed by atoms with Crippen molar-refractivity contribution in [2.75, 3.05) is 12.5 Å². The molecule has 0 aliphatic carbocycles. The molecule has 0 unspecified atom stereocenters. The maximum Gasteiger partial charge on any atom is 0.422 e. The van der Waals surface area contributed by atoms with Crippen LogP contribution in [0.5, 0.6) is 5.75 Å². The highest BCUT2D eigenvalue weighted by atomic mass is 35.5. The van der Waals surface area contributed by atoms with Gasteiger partial charge < -0.3 is 10.1 Å². The number of hydrogen-bond acceptors (Lipinski definition) is 2. The zero-order valence-corrected chi connectivity index (χ0v) is 11.4. The summed E-state index contributed by atoms with van der Waals surface area (Å²) in [7, 11) is 0. The quantitative estimate of drug-likeness (QED) is 0.785. The molecule has 1 aromatic carbocycles. The fraction of sp³-hybridized carbons (Fsp3) is 0.462. The first-order valence-electron chi connectivity index (χ1n) is 6.02. The third-order valence-corrected chi connectivity index (χ3v) is 2.62. The zero-order chi connectivity index (χ0) is 15.0. The second kappa shape index (κ2) is 7.99. The molecule has 20 heavy (non-hydrogen) atoms. The zero-order valence-electron chi connectivity index (χ0n) is 10.7. The average Bonchev–Trinajstić information content (AvgIpc) is 2.41. The van der Waals surface area contributed by atoms with Crippen molar-refractivity contribution in [2.24, 2.45) is 0 Å². The fourth-order valence-electron chi connectivity index (χ4n) is 1.39. The van der Waals surface area contributed by atoms with E-state index in [9.17, 15) is 18.0 Å². The van der Waals surface area contributed by atoms with E-state index < -0.39 is 12.8 Å². The van der Waals surface area contributed by atoms with E-state index in [4.69, 9.17) is 11.6 Å². The van der Waals surface area contributed by atoms with Gasteiger partial charge in [0, 0.05) is 18.8 Å². The van der Waals surface area contributed by atoms with Gasteiger partial charge in [0.1, 0.15) is 5.75 Å². The number of carbonyl (C=O) groups excluding carboxylic acids is 1. The van der Waals surface area contributed by atoms with Gasteiger partial charge in [-0.2, -0.15) is 13.2 Å². The summed E-state index contributed by atoms with van der Waals surface area (Å²) in [5, 5.41) is 2.69. The minimum Gasteiger partial charge on any atom is -0.484 e. The lowest BCUT2D eigenvalue weighted by molar-refractivity contribution is -0.153. The molecule has 0 aromatic heterocycles. The largest absolute Gasteiger partial charge is 0.484 e. The summed E-state index contributed by atoms with van der Waals surface area (Å²) in [6.07, 6.45) is -3.39. The minimum atomic E-state index is -4.35. The van der Waals surface area contributed by atoms with Gasteiger partial charge in [-0.25, -0.2) is 0 Å². The first kappa shape index (κ1) is 16.6. The third-order valence-electron chi connectivity index (χ3n) is 2.35. The lowest BCUT2D eigenvalue weighted by Crippen LogP contribution is -2.22. The summed E-state index contributed by atoms with van der Waals surface area (Å²) in [6.45, 7) is -0.998. The van der Waals surface area contributed by atoms with Crippen LogP contribution in [0.1, 0.15) is 18.4 Å². The number of rotatable bonds is 7. The molecule has 0 atom stereocenters. The van der Waals surface area contributed by atoms with Gasteiger partial charge in [-0.1, -0.05) is 12.1 Å². The van der Waals surface area contributed by atoms with Crippen molar-refractivity contribution < 1.29 is 22.7 Å². The maximum absolute atomic E-state index is 12.0. The molecule has 0 fully saturated rings. The van der Waals surface area contributed by atoms with E-state index in [0.29, 0.717) is 25.3 Å². The van der Waals surface area contributed by atoms with E-state index in [0.717, 1.165) is 5.56 Å². The van der Waals surface area contributed by atoms with Crippen molar-refractivity contribution in [1.29, 1.82) is 0 Å². The molecule has 0 spiro atoms. The molecule has 0 bridgehead atoms.